The highest BCUT2D eigenvalue weighted by Gasteiger charge is 2.25. The van der Waals surface area contributed by atoms with Crippen LogP contribution in [0.25, 0.3) is 0 Å². The van der Waals surface area contributed by atoms with Gasteiger partial charge in [-0.25, -0.2) is 0 Å². The lowest BCUT2D eigenvalue weighted by Crippen LogP contribution is -2.11. The molecule has 1 aromatic rings. The molecule has 15 heavy (non-hydrogen) atoms. The fourth-order valence-corrected chi connectivity index (χ4v) is 3.46. The number of hydrogen-bond donors (Lipinski definition) is 2. The van der Waals surface area contributed by atoms with E-state index < -0.39 is 0 Å². The Morgan fingerprint density at radius 2 is 1.87 bits per heavy atom. The molecule has 2 nitrogen and oxygen atoms in total. The fourth-order valence-electron chi connectivity index (χ4n) is 1.65. The van der Waals surface area contributed by atoms with E-state index >= 15 is 0 Å². The van der Waals surface area contributed by atoms with Gasteiger partial charge in [-0.1, -0.05) is 12.8 Å². The third kappa shape index (κ3) is 2.97. The van der Waals surface area contributed by atoms with Crippen molar-refractivity contribution in [2.24, 2.45) is 11.7 Å². The van der Waals surface area contributed by atoms with E-state index in [1.165, 1.54) is 12.8 Å². The normalized spacial score (nSPS) is 17.8. The Bertz CT molecular complexity index is 354. The van der Waals surface area contributed by atoms with Crippen LogP contribution in [0.3, 0.4) is 0 Å². The van der Waals surface area contributed by atoms with E-state index in [0.717, 1.165) is 25.0 Å². The molecule has 0 bridgehead atoms. The summed E-state index contributed by atoms with van der Waals surface area (Å²) in [5.74, 6) is 1.21. The van der Waals surface area contributed by atoms with Crippen LogP contribution in [0, 0.1) is 13.1 Å². The van der Waals surface area contributed by atoms with Crippen LogP contribution in [0.1, 0.15) is 30.9 Å². The fraction of sp³-hybridized carbons (Fsp3) is 0.455. The molecule has 82 valence electrons. The number of nitrogens with two attached hydrogens (primary N) is 1. The molecule has 1 aliphatic rings. The Hall–Kier alpha value is 0.440. The minimum atomic E-state index is 0.125. The summed E-state index contributed by atoms with van der Waals surface area (Å²) in [4.78, 5) is 0. The third-order valence-corrected chi connectivity index (χ3v) is 4.40. The molecule has 1 aromatic carbocycles. The minimum absolute atomic E-state index is 0.125. The first-order valence-electron chi connectivity index (χ1n) is 5.01. The molecule has 0 saturated heterocycles. The van der Waals surface area contributed by atoms with Crippen LogP contribution in [0.15, 0.2) is 12.1 Å². The first kappa shape index (κ1) is 11.9. The SMILES string of the molecule is N[C@@H](CC1CC1)c1cc(I)c(O)c(I)c1. The number of halogens is 2. The van der Waals surface area contributed by atoms with Gasteiger partial charge < -0.3 is 10.8 Å². The highest BCUT2D eigenvalue weighted by molar-refractivity contribution is 14.1. The van der Waals surface area contributed by atoms with E-state index in [2.05, 4.69) is 45.2 Å². The van der Waals surface area contributed by atoms with Crippen molar-refractivity contribution in [3.63, 3.8) is 0 Å². The van der Waals surface area contributed by atoms with Crippen LogP contribution in [0.5, 0.6) is 5.75 Å². The molecule has 0 heterocycles. The lowest BCUT2D eigenvalue weighted by atomic mass is 10.0. The molecule has 0 amide bonds. The molecule has 2 rings (SSSR count). The van der Waals surface area contributed by atoms with Crippen molar-refractivity contribution < 1.29 is 5.11 Å². The zero-order valence-corrected chi connectivity index (χ0v) is 12.5. The number of phenolic OH excluding ortho intramolecular Hbond substituents is 1. The van der Waals surface area contributed by atoms with E-state index in [1.54, 1.807) is 0 Å². The van der Waals surface area contributed by atoms with Gasteiger partial charge in [-0.3, -0.25) is 0 Å². The second-order valence-electron chi connectivity index (χ2n) is 4.12. The predicted molar refractivity (Wildman–Crippen MR) is 77.8 cm³/mol. The third-order valence-electron chi connectivity index (χ3n) is 2.75. The Balaban J connectivity index is 2.19. The first-order valence-corrected chi connectivity index (χ1v) is 7.17. The Morgan fingerprint density at radius 1 is 1.33 bits per heavy atom. The monoisotopic (exact) mass is 429 g/mol. The van der Waals surface area contributed by atoms with Crippen LogP contribution in [0.4, 0.5) is 0 Å². The van der Waals surface area contributed by atoms with Crippen molar-refractivity contribution in [2.75, 3.05) is 0 Å². The van der Waals surface area contributed by atoms with Gasteiger partial charge in [0, 0.05) is 6.04 Å². The number of benzene rings is 1. The van der Waals surface area contributed by atoms with Crippen LogP contribution in [0.2, 0.25) is 0 Å². The molecular weight excluding hydrogens is 416 g/mol. The Labute approximate surface area is 117 Å². The molecule has 0 aromatic heterocycles. The van der Waals surface area contributed by atoms with Crippen molar-refractivity contribution in [2.45, 2.75) is 25.3 Å². The van der Waals surface area contributed by atoms with Crippen LogP contribution in [-0.4, -0.2) is 5.11 Å². The van der Waals surface area contributed by atoms with Crippen molar-refractivity contribution in [1.29, 1.82) is 0 Å². The lowest BCUT2D eigenvalue weighted by molar-refractivity contribution is 0.466. The van der Waals surface area contributed by atoms with E-state index in [-0.39, 0.29) is 6.04 Å². The number of rotatable bonds is 3. The van der Waals surface area contributed by atoms with Gasteiger partial charge in [0.25, 0.3) is 0 Å². The molecule has 3 N–H and O–H groups in total. The molecule has 1 saturated carbocycles. The summed E-state index contributed by atoms with van der Waals surface area (Å²) in [7, 11) is 0. The van der Waals surface area contributed by atoms with E-state index in [0.29, 0.717) is 5.75 Å². The molecule has 0 spiro atoms. The van der Waals surface area contributed by atoms with E-state index in [1.807, 2.05) is 12.1 Å². The molecule has 0 unspecified atom stereocenters. The maximum atomic E-state index is 9.65. The summed E-state index contributed by atoms with van der Waals surface area (Å²) in [6.07, 6.45) is 3.75. The number of hydrogen-bond acceptors (Lipinski definition) is 2. The van der Waals surface area contributed by atoms with Crippen LogP contribution < -0.4 is 5.73 Å². The summed E-state index contributed by atoms with van der Waals surface area (Å²) < 4.78 is 1.78. The van der Waals surface area contributed by atoms with Gasteiger partial charge in [-0.2, -0.15) is 0 Å². The number of aromatic hydroxyl groups is 1. The summed E-state index contributed by atoms with van der Waals surface area (Å²) in [5, 5.41) is 9.65. The van der Waals surface area contributed by atoms with Crippen molar-refractivity contribution >= 4 is 45.2 Å². The first-order chi connectivity index (χ1) is 7.08. The molecule has 4 heteroatoms. The topological polar surface area (TPSA) is 46.2 Å². The summed E-state index contributed by atoms with van der Waals surface area (Å²) in [5.41, 5.74) is 7.28. The standard InChI is InChI=1S/C11H13I2NO/c12-8-4-7(5-9(13)11(8)15)10(14)3-6-1-2-6/h4-6,10,15H,1-3,14H2/t10-/m0/s1. The summed E-state index contributed by atoms with van der Waals surface area (Å²) in [6.45, 7) is 0. The van der Waals surface area contributed by atoms with Crippen LogP contribution >= 0.6 is 45.2 Å². The zero-order valence-electron chi connectivity index (χ0n) is 8.21. The van der Waals surface area contributed by atoms with Crippen molar-refractivity contribution in [1.82, 2.24) is 0 Å². The van der Waals surface area contributed by atoms with Gasteiger partial charge in [0.15, 0.2) is 0 Å². The maximum Gasteiger partial charge on any atom is 0.142 e. The van der Waals surface area contributed by atoms with Gasteiger partial charge in [0.1, 0.15) is 5.75 Å². The predicted octanol–water partition coefficient (Wildman–Crippen LogP) is 3.40. The second-order valence-corrected chi connectivity index (χ2v) is 6.44. The van der Waals surface area contributed by atoms with Gasteiger partial charge in [0.05, 0.1) is 7.14 Å². The summed E-state index contributed by atoms with van der Waals surface area (Å²) in [6, 6.07) is 4.11. The van der Waals surface area contributed by atoms with Gasteiger partial charge in [-0.05, 0) is 75.2 Å². The van der Waals surface area contributed by atoms with E-state index in [4.69, 9.17) is 5.73 Å². The smallest absolute Gasteiger partial charge is 0.142 e. The highest BCUT2D eigenvalue weighted by atomic mass is 127. The number of phenols is 1. The Morgan fingerprint density at radius 3 is 2.33 bits per heavy atom. The minimum Gasteiger partial charge on any atom is -0.506 e. The average molecular weight is 429 g/mol. The van der Waals surface area contributed by atoms with Crippen molar-refractivity contribution in [3.05, 3.63) is 24.8 Å². The van der Waals surface area contributed by atoms with Crippen LogP contribution in [-0.2, 0) is 0 Å². The summed E-state index contributed by atoms with van der Waals surface area (Å²) >= 11 is 4.30. The highest BCUT2D eigenvalue weighted by Crippen LogP contribution is 2.38. The quantitative estimate of drug-likeness (QED) is 0.725. The molecule has 1 aliphatic carbocycles. The van der Waals surface area contributed by atoms with Gasteiger partial charge >= 0.3 is 0 Å². The Kier molecular flexibility index (Phi) is 3.77. The molecule has 0 aliphatic heterocycles. The van der Waals surface area contributed by atoms with Crippen molar-refractivity contribution in [3.8, 4) is 5.75 Å². The zero-order chi connectivity index (χ0) is 11.0. The van der Waals surface area contributed by atoms with E-state index in [9.17, 15) is 5.11 Å². The maximum absolute atomic E-state index is 9.65. The molecular formula is C11H13I2NO. The average Bonchev–Trinajstić information content (AvgIpc) is 2.97. The second kappa shape index (κ2) is 4.75. The van der Waals surface area contributed by atoms with Gasteiger partial charge in [0.2, 0.25) is 0 Å². The molecule has 1 fully saturated rings. The largest absolute Gasteiger partial charge is 0.506 e. The van der Waals surface area contributed by atoms with Gasteiger partial charge in [-0.15, -0.1) is 0 Å². The molecule has 1 atom stereocenters. The molecule has 0 radical (unpaired) electrons. The lowest BCUT2D eigenvalue weighted by Gasteiger charge is -2.13.